The van der Waals surface area contributed by atoms with Gasteiger partial charge in [-0.2, -0.15) is 0 Å². The van der Waals surface area contributed by atoms with Gasteiger partial charge in [-0.05, 0) is 92.3 Å². The minimum Gasteiger partial charge on any atom is -0.506 e. The van der Waals surface area contributed by atoms with Crippen LogP contribution in [0.1, 0.15) is 79.4 Å². The lowest BCUT2D eigenvalue weighted by atomic mass is 9.75. The summed E-state index contributed by atoms with van der Waals surface area (Å²) in [7, 11) is 3.26. The average Bonchev–Trinajstić information content (AvgIpc) is 3.62. The number of β-lactam (4-membered cyclic amide) rings is 1. The molecule has 0 spiro atoms. The maximum atomic E-state index is 13.6. The molecule has 330 valence electrons. The fourth-order valence-corrected chi connectivity index (χ4v) is 11.1. The van der Waals surface area contributed by atoms with Crippen molar-refractivity contribution >= 4 is 40.7 Å². The Hall–Kier alpha value is -5.18. The van der Waals surface area contributed by atoms with Gasteiger partial charge in [-0.1, -0.05) is 25.1 Å². The number of phenolic OH excluding ortho intramolecular Hbond substituents is 1. The van der Waals surface area contributed by atoms with Crippen LogP contribution in [0.4, 0.5) is 17.1 Å². The summed E-state index contributed by atoms with van der Waals surface area (Å²) in [4.78, 5) is 64.4. The molecule has 6 aliphatic heterocycles. The van der Waals surface area contributed by atoms with Crippen LogP contribution in [0.15, 0.2) is 60.7 Å². The molecule has 62 heavy (non-hydrogen) atoms. The lowest BCUT2D eigenvalue weighted by Crippen LogP contribution is -2.69. The molecule has 14 nitrogen and oxygen atoms in total. The number of carbonyl (C=O) groups is 4. The molecule has 3 atom stereocenters. The van der Waals surface area contributed by atoms with E-state index in [-0.39, 0.29) is 35.8 Å². The molecule has 0 aromatic heterocycles. The van der Waals surface area contributed by atoms with E-state index in [0.717, 1.165) is 114 Å². The standard InChI is InChI=1S/C48H61N7O7/c1-4-48(62-3)44(55(47(48)60)39-7-5-6-8-41(39)56)38-12-10-36(28-42(38)61-2)53-21-17-33(18-22-53)30-51-25-23-50(24-26-51)29-32-15-19-52(20-16-32)35-9-11-37-34(27-35)31-54(46(37)59)40-13-14-43(57)49-45(40)58/h5-12,27-28,32-33,40,44,56H,4,13-26,29-31H2,1-3H3,(H,49,57,58)/t40?,44-,48+/m0/s1. The van der Waals surface area contributed by atoms with Crippen LogP contribution in [0.25, 0.3) is 0 Å². The summed E-state index contributed by atoms with van der Waals surface area (Å²) in [5.74, 6) is 1.17. The Morgan fingerprint density at radius 3 is 1.95 bits per heavy atom. The van der Waals surface area contributed by atoms with Gasteiger partial charge in [0.25, 0.3) is 11.8 Å². The first kappa shape index (κ1) is 42.1. The minimum absolute atomic E-state index is 0.0544. The zero-order valence-electron chi connectivity index (χ0n) is 36.4. The van der Waals surface area contributed by atoms with E-state index < -0.39 is 17.7 Å². The Bertz CT molecular complexity index is 2170. The van der Waals surface area contributed by atoms with Crippen LogP contribution in [0.2, 0.25) is 0 Å². The number of amides is 4. The normalized spacial score (nSPS) is 25.6. The number of fused-ring (bicyclic) bond motifs is 1. The predicted octanol–water partition coefficient (Wildman–Crippen LogP) is 4.80. The average molecular weight is 848 g/mol. The van der Waals surface area contributed by atoms with Gasteiger partial charge in [0, 0.05) is 114 Å². The number of methoxy groups -OCH3 is 2. The number of ether oxygens (including phenoxy) is 2. The number of imide groups is 1. The van der Waals surface area contributed by atoms with Gasteiger partial charge in [0.1, 0.15) is 23.6 Å². The van der Waals surface area contributed by atoms with Crippen LogP contribution in [0, 0.1) is 11.8 Å². The largest absolute Gasteiger partial charge is 0.506 e. The number of nitrogens with zero attached hydrogens (tertiary/aromatic N) is 6. The Balaban J connectivity index is 0.723. The van der Waals surface area contributed by atoms with Crippen molar-refractivity contribution in [3.63, 3.8) is 0 Å². The van der Waals surface area contributed by atoms with Gasteiger partial charge in [-0.15, -0.1) is 0 Å². The number of hydrogen-bond acceptors (Lipinski definition) is 11. The van der Waals surface area contributed by atoms with Crippen molar-refractivity contribution in [2.45, 2.75) is 76.1 Å². The zero-order valence-corrected chi connectivity index (χ0v) is 36.4. The number of hydrogen-bond donors (Lipinski definition) is 2. The highest BCUT2D eigenvalue weighted by Crippen LogP contribution is 2.54. The van der Waals surface area contributed by atoms with E-state index in [1.807, 2.05) is 19.1 Å². The SMILES string of the molecule is CC[C@]1(OC)C(=O)N(c2ccccc2O)[C@H]1c1ccc(N2CCC(CN3CCN(CC4CCN(c5ccc6c(c5)CN(C5CCC(=O)NC5=O)C6=O)CC4)CC3)CC2)cc1OC. The monoisotopic (exact) mass is 847 g/mol. The number of piperazine rings is 1. The lowest BCUT2D eigenvalue weighted by molar-refractivity contribution is -0.160. The number of piperidine rings is 3. The van der Waals surface area contributed by atoms with Crippen LogP contribution in [0.5, 0.6) is 11.5 Å². The molecule has 3 aromatic rings. The number of aromatic hydroxyl groups is 1. The third kappa shape index (κ3) is 7.78. The van der Waals surface area contributed by atoms with E-state index in [2.05, 4.69) is 55.2 Å². The van der Waals surface area contributed by atoms with Crippen LogP contribution < -0.4 is 24.8 Å². The third-order valence-electron chi connectivity index (χ3n) is 14.8. The van der Waals surface area contributed by atoms with Crippen molar-refractivity contribution in [1.82, 2.24) is 20.0 Å². The van der Waals surface area contributed by atoms with E-state index in [4.69, 9.17) is 9.47 Å². The fraction of sp³-hybridized carbons (Fsp3) is 0.542. The molecule has 5 fully saturated rings. The number of benzene rings is 3. The molecule has 0 saturated carbocycles. The van der Waals surface area contributed by atoms with Gasteiger partial charge < -0.3 is 39.1 Å². The summed E-state index contributed by atoms with van der Waals surface area (Å²) in [6.07, 6.45) is 5.71. The summed E-state index contributed by atoms with van der Waals surface area (Å²) < 4.78 is 11.9. The summed E-state index contributed by atoms with van der Waals surface area (Å²) in [5, 5.41) is 13.1. The number of anilines is 3. The smallest absolute Gasteiger partial charge is 0.262 e. The van der Waals surface area contributed by atoms with Gasteiger partial charge >= 0.3 is 0 Å². The second-order valence-corrected chi connectivity index (χ2v) is 18.1. The molecule has 0 aliphatic carbocycles. The fourth-order valence-electron chi connectivity index (χ4n) is 11.1. The van der Waals surface area contributed by atoms with Gasteiger partial charge in [0.2, 0.25) is 11.8 Å². The van der Waals surface area contributed by atoms with E-state index >= 15 is 0 Å². The number of rotatable bonds is 12. The van der Waals surface area contributed by atoms with Gasteiger partial charge in [0.15, 0.2) is 5.60 Å². The Morgan fingerprint density at radius 2 is 1.37 bits per heavy atom. The van der Waals surface area contributed by atoms with Crippen molar-refractivity contribution in [2.75, 3.05) is 94.4 Å². The summed E-state index contributed by atoms with van der Waals surface area (Å²) in [5.41, 5.74) is 4.17. The molecule has 0 bridgehead atoms. The molecule has 6 heterocycles. The Morgan fingerprint density at radius 1 is 0.758 bits per heavy atom. The highest BCUT2D eigenvalue weighted by molar-refractivity contribution is 6.09. The van der Waals surface area contributed by atoms with Crippen molar-refractivity contribution in [3.8, 4) is 11.5 Å². The molecule has 0 radical (unpaired) electrons. The molecule has 2 N–H and O–H groups in total. The van der Waals surface area contributed by atoms with Crippen LogP contribution in [-0.2, 0) is 25.7 Å². The first-order chi connectivity index (χ1) is 30.1. The van der Waals surface area contributed by atoms with Crippen molar-refractivity contribution < 1.29 is 33.8 Å². The van der Waals surface area contributed by atoms with Crippen LogP contribution in [0.3, 0.4) is 0 Å². The number of para-hydroxylation sites is 2. The first-order valence-electron chi connectivity index (χ1n) is 22.7. The lowest BCUT2D eigenvalue weighted by Gasteiger charge is -2.55. The van der Waals surface area contributed by atoms with Crippen LogP contribution in [-0.4, -0.2) is 135 Å². The van der Waals surface area contributed by atoms with E-state index in [1.54, 1.807) is 42.2 Å². The Kier molecular flexibility index (Phi) is 11.9. The third-order valence-corrected chi connectivity index (χ3v) is 14.8. The van der Waals surface area contributed by atoms with E-state index in [1.165, 1.54) is 0 Å². The predicted molar refractivity (Wildman–Crippen MR) is 237 cm³/mol. The molecule has 9 rings (SSSR count). The van der Waals surface area contributed by atoms with Crippen LogP contribution >= 0.6 is 0 Å². The zero-order chi connectivity index (χ0) is 43.1. The van der Waals surface area contributed by atoms with Gasteiger partial charge in [0.05, 0.1) is 12.8 Å². The molecule has 4 amide bonds. The van der Waals surface area contributed by atoms with E-state index in [0.29, 0.717) is 48.2 Å². The topological polar surface area (TPSA) is 138 Å². The molecule has 6 aliphatic rings. The quantitative estimate of drug-likeness (QED) is 0.192. The number of phenols is 1. The van der Waals surface area contributed by atoms with Crippen molar-refractivity contribution in [2.24, 2.45) is 11.8 Å². The molecule has 5 saturated heterocycles. The molecular formula is C48H61N7O7. The molecule has 1 unspecified atom stereocenters. The van der Waals surface area contributed by atoms with E-state index in [9.17, 15) is 24.3 Å². The second kappa shape index (κ2) is 17.5. The maximum absolute atomic E-state index is 13.6. The molecular weight excluding hydrogens is 787 g/mol. The highest BCUT2D eigenvalue weighted by atomic mass is 16.5. The highest BCUT2D eigenvalue weighted by Gasteiger charge is 2.62. The van der Waals surface area contributed by atoms with Crippen molar-refractivity contribution in [1.29, 1.82) is 0 Å². The first-order valence-corrected chi connectivity index (χ1v) is 22.7. The summed E-state index contributed by atoms with van der Waals surface area (Å²) in [6, 6.07) is 18.3. The van der Waals surface area contributed by atoms with Gasteiger partial charge in [-0.3, -0.25) is 29.4 Å². The number of carbonyl (C=O) groups excluding carboxylic acids is 4. The number of nitrogens with one attached hydrogen (secondary N) is 1. The van der Waals surface area contributed by atoms with Crippen molar-refractivity contribution in [3.05, 3.63) is 77.4 Å². The molecule has 14 heteroatoms. The Labute approximate surface area is 364 Å². The molecule has 3 aromatic carbocycles. The second-order valence-electron chi connectivity index (χ2n) is 18.1. The minimum atomic E-state index is -1.04. The summed E-state index contributed by atoms with van der Waals surface area (Å²) >= 11 is 0. The maximum Gasteiger partial charge on any atom is 0.262 e. The summed E-state index contributed by atoms with van der Waals surface area (Å²) in [6.45, 7) is 13.1. The van der Waals surface area contributed by atoms with Gasteiger partial charge in [-0.25, -0.2) is 0 Å².